The summed E-state index contributed by atoms with van der Waals surface area (Å²) in [5.74, 6) is 0.769. The number of nitrogens with zero attached hydrogens (tertiary/aromatic N) is 3. The summed E-state index contributed by atoms with van der Waals surface area (Å²) in [6.07, 6.45) is 2.60. The Labute approximate surface area is 145 Å². The third-order valence-electron chi connectivity index (χ3n) is 4.22. The molecule has 1 atom stereocenters. The number of rotatable bonds is 4. The molecule has 1 aliphatic rings. The molecule has 128 valence electrons. The van der Waals surface area contributed by atoms with Crippen LogP contribution >= 0.6 is 11.9 Å². The fourth-order valence-corrected chi connectivity index (χ4v) is 4.17. The molecule has 0 saturated carbocycles. The molecule has 1 fully saturated rings. The van der Waals surface area contributed by atoms with E-state index in [1.165, 1.54) is 18.8 Å². The Balaban J connectivity index is 2.02. The monoisotopic (exact) mass is 347 g/mol. The largest absolute Gasteiger partial charge is 0.383 e. The number of H-pyrrole nitrogens is 1. The topological polar surface area (TPSA) is 69.8 Å². The van der Waals surface area contributed by atoms with Gasteiger partial charge in [0, 0.05) is 31.1 Å². The molecule has 5 nitrogen and oxygen atoms in total. The third-order valence-corrected chi connectivity index (χ3v) is 5.23. The first-order chi connectivity index (χ1) is 11.5. The molecule has 1 aromatic carbocycles. The lowest BCUT2D eigenvalue weighted by Crippen LogP contribution is -2.15. The van der Waals surface area contributed by atoms with E-state index >= 15 is 0 Å². The van der Waals surface area contributed by atoms with Crippen LogP contribution in [-0.4, -0.2) is 41.6 Å². The number of aliphatic imine (C=N–C) groups is 2. The van der Waals surface area contributed by atoms with Crippen LogP contribution in [0.2, 0.25) is 0 Å². The first-order valence-electron chi connectivity index (χ1n) is 7.98. The molecule has 1 aliphatic heterocycles. The van der Waals surface area contributed by atoms with E-state index in [1.807, 2.05) is 13.0 Å². The van der Waals surface area contributed by atoms with E-state index in [4.69, 9.17) is 5.73 Å². The summed E-state index contributed by atoms with van der Waals surface area (Å²) in [6.45, 7) is 6.18. The van der Waals surface area contributed by atoms with Gasteiger partial charge in [-0.15, -0.1) is 0 Å². The number of aryl methyl sites for hydroxylation is 1. The van der Waals surface area contributed by atoms with Crippen molar-refractivity contribution in [3.8, 4) is 0 Å². The number of halogens is 1. The quantitative estimate of drug-likeness (QED) is 0.506. The molecule has 0 spiro atoms. The van der Waals surface area contributed by atoms with Crippen molar-refractivity contribution in [3.63, 3.8) is 0 Å². The van der Waals surface area contributed by atoms with Crippen molar-refractivity contribution in [2.75, 3.05) is 20.1 Å². The lowest BCUT2D eigenvalue weighted by molar-refractivity contribution is 0.548. The average Bonchev–Trinajstić information content (AvgIpc) is 3.12. The minimum absolute atomic E-state index is 0.273. The van der Waals surface area contributed by atoms with E-state index in [-0.39, 0.29) is 5.82 Å². The summed E-state index contributed by atoms with van der Waals surface area (Å²) in [6, 6.07) is 3.45. The van der Waals surface area contributed by atoms with Gasteiger partial charge >= 0.3 is 0 Å². The summed E-state index contributed by atoms with van der Waals surface area (Å²) in [4.78, 5) is 11.1. The van der Waals surface area contributed by atoms with Crippen molar-refractivity contribution in [2.24, 2.45) is 21.6 Å². The van der Waals surface area contributed by atoms with E-state index in [1.54, 1.807) is 19.0 Å². The maximum Gasteiger partial charge on any atom is 0.147 e. The number of fused-ring (bicyclic) bond motifs is 1. The number of hydrogen-bond acceptors (Lipinski definition) is 3. The molecular formula is C17H22FN5S. The fraction of sp³-hybridized carbons (Fsp3) is 0.412. The molecule has 7 heteroatoms. The Morgan fingerprint density at radius 3 is 2.96 bits per heavy atom. The van der Waals surface area contributed by atoms with Crippen molar-refractivity contribution in [1.29, 1.82) is 0 Å². The molecule has 1 aromatic heterocycles. The van der Waals surface area contributed by atoms with Gasteiger partial charge in [0.15, 0.2) is 0 Å². The molecule has 0 radical (unpaired) electrons. The molecule has 3 rings (SSSR count). The second-order valence-electron chi connectivity index (χ2n) is 6.23. The molecule has 3 N–H and O–H groups in total. The minimum atomic E-state index is -0.273. The molecule has 0 aliphatic carbocycles. The predicted octanol–water partition coefficient (Wildman–Crippen LogP) is 3.33. The average molecular weight is 347 g/mol. The fourth-order valence-electron chi connectivity index (χ4n) is 3.05. The molecule has 2 heterocycles. The number of amidine groups is 1. The van der Waals surface area contributed by atoms with E-state index in [0.717, 1.165) is 34.6 Å². The standard InChI is InChI=1S/C17H22FN5S/c1-10-4-5-23(8-10)24-14-7-12-15(17(19)21-9-20-3)11(2)6-13(18)16(12)22-14/h6-7,9-10,22H,4-5,8H2,1-3H3,(H2,19,20,21). The van der Waals surface area contributed by atoms with Gasteiger partial charge in [-0.3, -0.25) is 4.99 Å². The zero-order chi connectivity index (χ0) is 17.3. The third kappa shape index (κ3) is 3.32. The molecule has 1 unspecified atom stereocenters. The van der Waals surface area contributed by atoms with Crippen molar-refractivity contribution < 1.29 is 4.39 Å². The zero-order valence-electron chi connectivity index (χ0n) is 14.1. The molecule has 2 aromatic rings. The highest BCUT2D eigenvalue weighted by Gasteiger charge is 2.21. The first-order valence-corrected chi connectivity index (χ1v) is 8.76. The number of nitrogens with one attached hydrogen (secondary N) is 1. The van der Waals surface area contributed by atoms with Crippen LogP contribution in [0.25, 0.3) is 10.9 Å². The number of aromatic amines is 1. The van der Waals surface area contributed by atoms with Gasteiger partial charge in [0.05, 0.1) is 10.5 Å². The smallest absolute Gasteiger partial charge is 0.147 e. The van der Waals surface area contributed by atoms with Gasteiger partial charge < -0.3 is 10.7 Å². The lowest BCUT2D eigenvalue weighted by Gasteiger charge is -2.11. The Morgan fingerprint density at radius 1 is 1.50 bits per heavy atom. The van der Waals surface area contributed by atoms with Crippen LogP contribution in [-0.2, 0) is 0 Å². The Hall–Kier alpha value is -1.86. The van der Waals surface area contributed by atoms with Crippen LogP contribution < -0.4 is 5.73 Å². The van der Waals surface area contributed by atoms with Gasteiger partial charge in [0.25, 0.3) is 0 Å². The number of benzene rings is 1. The van der Waals surface area contributed by atoms with Crippen molar-refractivity contribution in [1.82, 2.24) is 9.29 Å². The molecule has 1 saturated heterocycles. The van der Waals surface area contributed by atoms with Crippen LogP contribution in [0.1, 0.15) is 24.5 Å². The zero-order valence-corrected chi connectivity index (χ0v) is 15.0. The van der Waals surface area contributed by atoms with Gasteiger partial charge in [-0.1, -0.05) is 6.92 Å². The number of hydrogen-bond donors (Lipinski definition) is 2. The van der Waals surface area contributed by atoms with Crippen molar-refractivity contribution in [2.45, 2.75) is 25.3 Å². The van der Waals surface area contributed by atoms with Gasteiger partial charge in [-0.2, -0.15) is 0 Å². The molecule has 0 bridgehead atoms. The number of nitrogens with two attached hydrogens (primary N) is 1. The van der Waals surface area contributed by atoms with Crippen LogP contribution in [0.3, 0.4) is 0 Å². The van der Waals surface area contributed by atoms with Crippen LogP contribution in [0.15, 0.2) is 27.1 Å². The lowest BCUT2D eigenvalue weighted by atomic mass is 10.0. The molecule has 24 heavy (non-hydrogen) atoms. The summed E-state index contributed by atoms with van der Waals surface area (Å²) < 4.78 is 16.7. The van der Waals surface area contributed by atoms with Crippen molar-refractivity contribution in [3.05, 3.63) is 29.1 Å². The normalized spacial score (nSPS) is 19.8. The molecular weight excluding hydrogens is 325 g/mol. The van der Waals surface area contributed by atoms with Gasteiger partial charge in [0.1, 0.15) is 18.0 Å². The van der Waals surface area contributed by atoms with Gasteiger partial charge in [-0.25, -0.2) is 13.7 Å². The van der Waals surface area contributed by atoms with E-state index in [9.17, 15) is 4.39 Å². The summed E-state index contributed by atoms with van der Waals surface area (Å²) in [7, 11) is 1.63. The summed E-state index contributed by atoms with van der Waals surface area (Å²) >= 11 is 1.64. The first kappa shape index (κ1) is 17.0. The second-order valence-corrected chi connectivity index (χ2v) is 7.37. The van der Waals surface area contributed by atoms with Crippen LogP contribution in [0.5, 0.6) is 0 Å². The highest BCUT2D eigenvalue weighted by molar-refractivity contribution is 7.97. The Morgan fingerprint density at radius 2 is 2.29 bits per heavy atom. The van der Waals surface area contributed by atoms with Gasteiger partial charge in [-0.05, 0) is 48.9 Å². The SMILES string of the molecule is CN=CN=C(N)c1c(C)cc(F)c2[nH]c(SN3CCC(C)C3)cc12. The maximum absolute atomic E-state index is 14.4. The molecule has 0 amide bonds. The van der Waals surface area contributed by atoms with E-state index in [2.05, 4.69) is 26.2 Å². The second kappa shape index (κ2) is 6.94. The highest BCUT2D eigenvalue weighted by atomic mass is 32.2. The van der Waals surface area contributed by atoms with Crippen molar-refractivity contribution >= 4 is 35.0 Å². The predicted molar refractivity (Wildman–Crippen MR) is 99.3 cm³/mol. The maximum atomic E-state index is 14.4. The van der Waals surface area contributed by atoms with Crippen LogP contribution in [0, 0.1) is 18.7 Å². The summed E-state index contributed by atoms with van der Waals surface area (Å²) in [5, 5.41) is 1.68. The Bertz CT molecular complexity index is 811. The Kier molecular flexibility index (Phi) is 4.91. The van der Waals surface area contributed by atoms with E-state index < -0.39 is 0 Å². The summed E-state index contributed by atoms with van der Waals surface area (Å²) in [5.41, 5.74) is 8.08. The highest BCUT2D eigenvalue weighted by Crippen LogP contribution is 2.33. The minimum Gasteiger partial charge on any atom is -0.383 e. The van der Waals surface area contributed by atoms with Crippen LogP contribution in [0.4, 0.5) is 4.39 Å². The number of aromatic nitrogens is 1. The van der Waals surface area contributed by atoms with Gasteiger partial charge in [0.2, 0.25) is 0 Å². The van der Waals surface area contributed by atoms with E-state index in [0.29, 0.717) is 17.3 Å².